The van der Waals surface area contributed by atoms with E-state index in [-0.39, 0.29) is 0 Å². The molecule has 0 bridgehead atoms. The first-order valence-corrected chi connectivity index (χ1v) is 9.72. The van der Waals surface area contributed by atoms with Crippen LogP contribution in [-0.2, 0) is 19.5 Å². The van der Waals surface area contributed by atoms with Gasteiger partial charge in [0.05, 0.1) is 30.4 Å². The van der Waals surface area contributed by atoms with Crippen LogP contribution in [0.1, 0.15) is 42.6 Å². The Morgan fingerprint density at radius 3 is 2.76 bits per heavy atom. The van der Waals surface area contributed by atoms with Gasteiger partial charge in [-0.2, -0.15) is 0 Å². The van der Waals surface area contributed by atoms with Crippen molar-refractivity contribution in [3.05, 3.63) is 45.4 Å². The number of hydrogen-bond donors (Lipinski definition) is 2. The highest BCUT2D eigenvalue weighted by Crippen LogP contribution is 2.21. The fourth-order valence-electron chi connectivity index (χ4n) is 2.36. The average molecular weight is 361 g/mol. The van der Waals surface area contributed by atoms with Crippen LogP contribution in [-0.4, -0.2) is 24.1 Å². The van der Waals surface area contributed by atoms with Gasteiger partial charge < -0.3 is 15.4 Å². The summed E-state index contributed by atoms with van der Waals surface area (Å²) in [6.07, 6.45) is 0.979. The Hall–Kier alpha value is -2.08. The van der Waals surface area contributed by atoms with E-state index in [9.17, 15) is 0 Å². The number of nitrogens with zero attached hydrogens (tertiary/aromatic N) is 2. The highest BCUT2D eigenvalue weighted by Gasteiger charge is 2.06. The summed E-state index contributed by atoms with van der Waals surface area (Å²) in [5, 5.41) is 9.90. The third-order valence-electron chi connectivity index (χ3n) is 3.61. The molecule has 25 heavy (non-hydrogen) atoms. The summed E-state index contributed by atoms with van der Waals surface area (Å²) in [6.45, 7) is 11.0. The molecule has 2 aromatic rings. The van der Waals surface area contributed by atoms with E-state index in [0.29, 0.717) is 19.7 Å². The van der Waals surface area contributed by atoms with Gasteiger partial charge in [0, 0.05) is 17.5 Å². The Morgan fingerprint density at radius 2 is 2.08 bits per heavy atom. The second kappa shape index (κ2) is 10.0. The van der Waals surface area contributed by atoms with E-state index in [1.54, 1.807) is 11.3 Å². The van der Waals surface area contributed by atoms with Crippen molar-refractivity contribution in [2.75, 3.05) is 13.2 Å². The Bertz CT molecular complexity index is 696. The second-order valence-electron chi connectivity index (χ2n) is 5.68. The Morgan fingerprint density at radius 1 is 1.24 bits per heavy atom. The largest absolute Gasteiger partial charge is 0.494 e. The molecule has 6 heteroatoms. The predicted octanol–water partition coefficient (Wildman–Crippen LogP) is 3.67. The molecule has 0 fully saturated rings. The van der Waals surface area contributed by atoms with Crippen LogP contribution in [0.3, 0.4) is 0 Å². The zero-order valence-electron chi connectivity index (χ0n) is 15.6. The molecule has 0 saturated carbocycles. The lowest BCUT2D eigenvalue weighted by molar-refractivity contribution is 0.336. The SMILES string of the molecule is CCNC(=NCc1ccc(C)cc1OCC)NCc1csc(CC)n1. The third kappa shape index (κ3) is 6.05. The van der Waals surface area contributed by atoms with Crippen LogP contribution >= 0.6 is 11.3 Å². The van der Waals surface area contributed by atoms with E-state index in [0.717, 1.165) is 35.9 Å². The van der Waals surface area contributed by atoms with Gasteiger partial charge in [-0.25, -0.2) is 9.98 Å². The summed E-state index contributed by atoms with van der Waals surface area (Å²) in [7, 11) is 0. The molecule has 1 aromatic heterocycles. The normalized spacial score (nSPS) is 11.4. The van der Waals surface area contributed by atoms with Gasteiger partial charge in [0.2, 0.25) is 0 Å². The summed E-state index contributed by atoms with van der Waals surface area (Å²) < 4.78 is 5.74. The van der Waals surface area contributed by atoms with Gasteiger partial charge in [0.25, 0.3) is 0 Å². The van der Waals surface area contributed by atoms with Crippen molar-refractivity contribution in [3.63, 3.8) is 0 Å². The van der Waals surface area contributed by atoms with E-state index >= 15 is 0 Å². The molecule has 0 spiro atoms. The van der Waals surface area contributed by atoms with Crippen molar-refractivity contribution < 1.29 is 4.74 Å². The van der Waals surface area contributed by atoms with Gasteiger partial charge in [0.15, 0.2) is 5.96 Å². The molecular formula is C19H28N4OS. The number of nitrogens with one attached hydrogen (secondary N) is 2. The smallest absolute Gasteiger partial charge is 0.191 e. The van der Waals surface area contributed by atoms with Crippen LogP contribution < -0.4 is 15.4 Å². The fraction of sp³-hybridized carbons (Fsp3) is 0.474. The lowest BCUT2D eigenvalue weighted by atomic mass is 10.1. The molecule has 1 heterocycles. The highest BCUT2D eigenvalue weighted by atomic mass is 32.1. The molecule has 1 aromatic carbocycles. The topological polar surface area (TPSA) is 58.5 Å². The van der Waals surface area contributed by atoms with Crippen LogP contribution in [0.15, 0.2) is 28.6 Å². The molecule has 2 rings (SSSR count). The van der Waals surface area contributed by atoms with Gasteiger partial charge in [-0.15, -0.1) is 11.3 Å². The molecule has 0 amide bonds. The maximum absolute atomic E-state index is 5.74. The van der Waals surface area contributed by atoms with Crippen LogP contribution in [0.2, 0.25) is 0 Å². The van der Waals surface area contributed by atoms with Gasteiger partial charge in [-0.05, 0) is 38.8 Å². The molecule has 0 aliphatic rings. The maximum Gasteiger partial charge on any atom is 0.191 e. The summed E-state index contributed by atoms with van der Waals surface area (Å²) in [5.41, 5.74) is 3.33. The molecule has 136 valence electrons. The quantitative estimate of drug-likeness (QED) is 0.557. The molecule has 0 unspecified atom stereocenters. The van der Waals surface area contributed by atoms with Crippen molar-refractivity contribution in [1.82, 2.24) is 15.6 Å². The van der Waals surface area contributed by atoms with Crippen molar-refractivity contribution in [2.24, 2.45) is 4.99 Å². The van der Waals surface area contributed by atoms with Crippen LogP contribution in [0.5, 0.6) is 5.75 Å². The number of rotatable bonds is 8. The number of hydrogen-bond acceptors (Lipinski definition) is 4. The molecule has 0 saturated heterocycles. The standard InChI is InChI=1S/C19H28N4OS/c1-5-18-23-16(13-25-18)12-22-19(20-6-2)21-11-15-9-8-14(4)10-17(15)24-7-3/h8-10,13H,5-7,11-12H2,1-4H3,(H2,20,21,22). The Balaban J connectivity index is 2.03. The lowest BCUT2D eigenvalue weighted by Crippen LogP contribution is -2.36. The molecule has 5 nitrogen and oxygen atoms in total. The molecule has 0 radical (unpaired) electrons. The molecule has 2 N–H and O–H groups in total. The fourth-order valence-corrected chi connectivity index (χ4v) is 3.10. The number of aryl methyl sites for hydroxylation is 2. The van der Waals surface area contributed by atoms with E-state index < -0.39 is 0 Å². The zero-order valence-corrected chi connectivity index (χ0v) is 16.4. The first-order chi connectivity index (χ1) is 12.2. The van der Waals surface area contributed by atoms with Gasteiger partial charge in [0.1, 0.15) is 5.75 Å². The number of aliphatic imine (C=N–C) groups is 1. The average Bonchev–Trinajstić information content (AvgIpc) is 3.07. The summed E-state index contributed by atoms with van der Waals surface area (Å²) >= 11 is 1.71. The zero-order chi connectivity index (χ0) is 18.1. The molecular weight excluding hydrogens is 332 g/mol. The Kier molecular flexibility index (Phi) is 7.73. The molecule has 0 atom stereocenters. The minimum absolute atomic E-state index is 0.572. The van der Waals surface area contributed by atoms with Crippen LogP contribution in [0.25, 0.3) is 0 Å². The number of guanidine groups is 1. The first-order valence-electron chi connectivity index (χ1n) is 8.84. The highest BCUT2D eigenvalue weighted by molar-refractivity contribution is 7.09. The minimum atomic E-state index is 0.572. The van der Waals surface area contributed by atoms with Crippen molar-refractivity contribution in [1.29, 1.82) is 0 Å². The number of thiazole rings is 1. The number of aromatic nitrogens is 1. The van der Waals surface area contributed by atoms with Gasteiger partial charge in [-0.3, -0.25) is 0 Å². The molecule has 0 aliphatic heterocycles. The van der Waals surface area contributed by atoms with E-state index in [1.165, 1.54) is 10.6 Å². The van der Waals surface area contributed by atoms with Gasteiger partial charge in [-0.1, -0.05) is 19.1 Å². The third-order valence-corrected chi connectivity index (χ3v) is 4.65. The van der Waals surface area contributed by atoms with E-state index in [4.69, 9.17) is 4.74 Å². The minimum Gasteiger partial charge on any atom is -0.494 e. The predicted molar refractivity (Wildman–Crippen MR) is 105 cm³/mol. The Labute approximate surface area is 154 Å². The van der Waals surface area contributed by atoms with Crippen molar-refractivity contribution >= 4 is 17.3 Å². The maximum atomic E-state index is 5.74. The van der Waals surface area contributed by atoms with Gasteiger partial charge >= 0.3 is 0 Å². The van der Waals surface area contributed by atoms with Crippen molar-refractivity contribution in [2.45, 2.75) is 47.2 Å². The van der Waals surface area contributed by atoms with Crippen LogP contribution in [0, 0.1) is 6.92 Å². The number of benzene rings is 1. The monoisotopic (exact) mass is 360 g/mol. The molecule has 0 aliphatic carbocycles. The number of ether oxygens (including phenoxy) is 1. The summed E-state index contributed by atoms with van der Waals surface area (Å²) in [4.78, 5) is 9.27. The second-order valence-corrected chi connectivity index (χ2v) is 6.62. The summed E-state index contributed by atoms with van der Waals surface area (Å²) in [6, 6.07) is 6.24. The summed E-state index contributed by atoms with van der Waals surface area (Å²) in [5.74, 6) is 1.70. The van der Waals surface area contributed by atoms with Crippen molar-refractivity contribution in [3.8, 4) is 5.75 Å². The van der Waals surface area contributed by atoms with E-state index in [1.807, 2.05) is 6.92 Å². The van der Waals surface area contributed by atoms with Crippen LogP contribution in [0.4, 0.5) is 0 Å². The lowest BCUT2D eigenvalue weighted by Gasteiger charge is -2.12. The first kappa shape index (κ1) is 19.2. The van der Waals surface area contributed by atoms with E-state index in [2.05, 4.69) is 65.0 Å².